The molecule has 0 N–H and O–H groups in total. The Balaban J connectivity index is 1.68. The number of allylic oxidation sites excluding steroid dienone is 4. The summed E-state index contributed by atoms with van der Waals surface area (Å²) in [5.74, 6) is 1.77. The van der Waals surface area contributed by atoms with Crippen molar-refractivity contribution in [2.75, 3.05) is 0 Å². The monoisotopic (exact) mass is 326 g/mol. The highest BCUT2D eigenvalue weighted by Crippen LogP contribution is 2.45. The Bertz CT molecular complexity index is 1010. The van der Waals surface area contributed by atoms with Crippen LogP contribution < -0.4 is 0 Å². The molecule has 1 aliphatic carbocycles. The first-order valence-electron chi connectivity index (χ1n) is 8.53. The van der Waals surface area contributed by atoms with E-state index >= 15 is 0 Å². The number of rotatable bonds is 2. The van der Waals surface area contributed by atoms with Crippen LogP contribution in [0.15, 0.2) is 81.7 Å². The summed E-state index contributed by atoms with van der Waals surface area (Å²) in [4.78, 5) is 0. The molecule has 4 aromatic rings. The maximum absolute atomic E-state index is 6.12. The van der Waals surface area contributed by atoms with E-state index < -0.39 is 0 Å². The van der Waals surface area contributed by atoms with Crippen molar-refractivity contribution in [2.24, 2.45) is 5.41 Å². The largest absolute Gasteiger partial charge is 0.456 e. The Hall–Kier alpha value is -3.00. The van der Waals surface area contributed by atoms with E-state index in [1.165, 1.54) is 0 Å². The normalized spacial score (nSPS) is 16.4. The Morgan fingerprint density at radius 3 is 1.52 bits per heavy atom. The number of para-hydroxylation sites is 2. The van der Waals surface area contributed by atoms with Crippen molar-refractivity contribution < 1.29 is 8.83 Å². The molecule has 0 radical (unpaired) electrons. The summed E-state index contributed by atoms with van der Waals surface area (Å²) < 4.78 is 12.2. The number of benzene rings is 2. The zero-order valence-corrected chi connectivity index (χ0v) is 14.2. The van der Waals surface area contributed by atoms with Gasteiger partial charge in [-0.3, -0.25) is 0 Å². The van der Waals surface area contributed by atoms with Gasteiger partial charge in [0.1, 0.15) is 22.7 Å². The molecule has 0 saturated heterocycles. The van der Waals surface area contributed by atoms with Crippen LogP contribution >= 0.6 is 0 Å². The second-order valence-electron chi connectivity index (χ2n) is 7.23. The van der Waals surface area contributed by atoms with Gasteiger partial charge in [0, 0.05) is 27.3 Å². The van der Waals surface area contributed by atoms with Crippen LogP contribution in [0.2, 0.25) is 0 Å². The molecule has 0 aliphatic heterocycles. The molecular formula is C23H18O2. The second kappa shape index (κ2) is 5.00. The van der Waals surface area contributed by atoms with Gasteiger partial charge in [0.05, 0.1) is 0 Å². The van der Waals surface area contributed by atoms with Crippen molar-refractivity contribution in [3.05, 3.63) is 84.3 Å². The molecule has 0 atom stereocenters. The lowest BCUT2D eigenvalue weighted by atomic mass is 9.96. The zero-order valence-electron chi connectivity index (χ0n) is 14.2. The van der Waals surface area contributed by atoms with Crippen LogP contribution in [0.3, 0.4) is 0 Å². The Morgan fingerprint density at radius 1 is 0.640 bits per heavy atom. The van der Waals surface area contributed by atoms with E-state index in [0.717, 1.165) is 44.6 Å². The van der Waals surface area contributed by atoms with Gasteiger partial charge in [-0.25, -0.2) is 0 Å². The van der Waals surface area contributed by atoms with Gasteiger partial charge in [0.2, 0.25) is 0 Å². The molecule has 2 heteroatoms. The van der Waals surface area contributed by atoms with Gasteiger partial charge in [-0.2, -0.15) is 0 Å². The fourth-order valence-corrected chi connectivity index (χ4v) is 3.58. The van der Waals surface area contributed by atoms with Crippen LogP contribution in [0.4, 0.5) is 0 Å². The van der Waals surface area contributed by atoms with Crippen LogP contribution in [0.5, 0.6) is 0 Å². The minimum atomic E-state index is -0.0391. The Kier molecular flexibility index (Phi) is 2.87. The molecule has 0 fully saturated rings. The summed E-state index contributed by atoms with van der Waals surface area (Å²) in [6.07, 6.45) is 4.51. The third-order valence-electron chi connectivity index (χ3n) is 4.70. The van der Waals surface area contributed by atoms with Crippen molar-refractivity contribution in [2.45, 2.75) is 13.8 Å². The molecule has 25 heavy (non-hydrogen) atoms. The number of furan rings is 2. The zero-order chi connectivity index (χ0) is 17.0. The molecule has 5 rings (SSSR count). The van der Waals surface area contributed by atoms with Crippen molar-refractivity contribution in [1.82, 2.24) is 0 Å². The summed E-state index contributed by atoms with van der Waals surface area (Å²) >= 11 is 0. The highest BCUT2D eigenvalue weighted by molar-refractivity contribution is 6.08. The van der Waals surface area contributed by atoms with Gasteiger partial charge in [-0.05, 0) is 24.3 Å². The van der Waals surface area contributed by atoms with E-state index in [4.69, 9.17) is 8.83 Å². The van der Waals surface area contributed by atoms with E-state index in [-0.39, 0.29) is 5.41 Å². The van der Waals surface area contributed by atoms with E-state index in [0.29, 0.717) is 0 Å². The lowest BCUT2D eigenvalue weighted by molar-refractivity contribution is 0.593. The number of hydrogen-bond acceptors (Lipinski definition) is 2. The third-order valence-corrected chi connectivity index (χ3v) is 4.70. The van der Waals surface area contributed by atoms with Gasteiger partial charge in [0.15, 0.2) is 0 Å². The maximum atomic E-state index is 6.12. The molecule has 0 unspecified atom stereocenters. The second-order valence-corrected chi connectivity index (χ2v) is 7.23. The predicted octanol–water partition coefficient (Wildman–Crippen LogP) is 6.69. The van der Waals surface area contributed by atoms with Crippen LogP contribution in [0.25, 0.3) is 33.1 Å². The summed E-state index contributed by atoms with van der Waals surface area (Å²) in [5.41, 5.74) is 3.97. The SMILES string of the molecule is CC1(C)C=C(c2cc3ccccc3o2)C(c2cc3ccccc3o2)=C1. The topological polar surface area (TPSA) is 26.3 Å². The number of hydrogen-bond donors (Lipinski definition) is 0. The average molecular weight is 326 g/mol. The molecule has 2 nitrogen and oxygen atoms in total. The summed E-state index contributed by atoms with van der Waals surface area (Å²) in [5, 5.41) is 2.24. The van der Waals surface area contributed by atoms with Crippen LogP contribution in [0.1, 0.15) is 25.4 Å². The van der Waals surface area contributed by atoms with E-state index in [9.17, 15) is 0 Å². The third kappa shape index (κ3) is 2.33. The van der Waals surface area contributed by atoms with Gasteiger partial charge < -0.3 is 8.83 Å². The average Bonchev–Trinajstić information content (AvgIpc) is 3.27. The molecule has 0 saturated carbocycles. The van der Waals surface area contributed by atoms with Crippen LogP contribution in [-0.2, 0) is 0 Å². The fourth-order valence-electron chi connectivity index (χ4n) is 3.58. The highest BCUT2D eigenvalue weighted by atomic mass is 16.3. The lowest BCUT2D eigenvalue weighted by Crippen LogP contribution is -1.98. The smallest absolute Gasteiger partial charge is 0.135 e. The Labute approximate surface area is 146 Å². The summed E-state index contributed by atoms with van der Waals surface area (Å²) in [7, 11) is 0. The standard InChI is InChI=1S/C23H18O2/c1-23(2)13-17(21-11-15-7-3-5-9-19(15)24-21)18(14-23)22-12-16-8-4-6-10-20(16)25-22/h3-14H,1-2H3. The number of fused-ring (bicyclic) bond motifs is 2. The van der Waals surface area contributed by atoms with Gasteiger partial charge in [-0.1, -0.05) is 62.4 Å². The summed E-state index contributed by atoms with van der Waals surface area (Å²) in [6, 6.07) is 20.4. The molecule has 2 heterocycles. The molecule has 122 valence electrons. The molecule has 1 aliphatic rings. The minimum absolute atomic E-state index is 0.0391. The maximum Gasteiger partial charge on any atom is 0.135 e. The van der Waals surface area contributed by atoms with Crippen LogP contribution in [-0.4, -0.2) is 0 Å². The Morgan fingerprint density at radius 2 is 1.08 bits per heavy atom. The fraction of sp³-hybridized carbons (Fsp3) is 0.130. The molecule has 0 bridgehead atoms. The lowest BCUT2D eigenvalue weighted by Gasteiger charge is -2.08. The molecule has 0 amide bonds. The molecule has 2 aromatic heterocycles. The molecule has 0 spiro atoms. The minimum Gasteiger partial charge on any atom is -0.456 e. The molecular weight excluding hydrogens is 308 g/mol. The first kappa shape index (κ1) is 14.4. The molecule has 2 aromatic carbocycles. The van der Waals surface area contributed by atoms with Gasteiger partial charge >= 0.3 is 0 Å². The summed E-state index contributed by atoms with van der Waals surface area (Å²) in [6.45, 7) is 4.40. The van der Waals surface area contributed by atoms with Crippen molar-refractivity contribution in [3.63, 3.8) is 0 Å². The first-order valence-corrected chi connectivity index (χ1v) is 8.53. The van der Waals surface area contributed by atoms with Crippen molar-refractivity contribution >= 4 is 33.1 Å². The highest BCUT2D eigenvalue weighted by Gasteiger charge is 2.29. The predicted molar refractivity (Wildman–Crippen MR) is 102 cm³/mol. The van der Waals surface area contributed by atoms with E-state index in [1.54, 1.807) is 0 Å². The van der Waals surface area contributed by atoms with E-state index in [2.05, 4.69) is 50.3 Å². The quantitative estimate of drug-likeness (QED) is 0.410. The van der Waals surface area contributed by atoms with Crippen molar-refractivity contribution in [3.8, 4) is 0 Å². The van der Waals surface area contributed by atoms with Crippen LogP contribution in [0, 0.1) is 5.41 Å². The van der Waals surface area contributed by atoms with Gasteiger partial charge in [-0.15, -0.1) is 0 Å². The first-order chi connectivity index (χ1) is 12.1. The van der Waals surface area contributed by atoms with Crippen molar-refractivity contribution in [1.29, 1.82) is 0 Å². The van der Waals surface area contributed by atoms with Gasteiger partial charge in [0.25, 0.3) is 0 Å². The van der Waals surface area contributed by atoms with E-state index in [1.807, 2.05) is 36.4 Å².